The van der Waals surface area contributed by atoms with Crippen LogP contribution in [0, 0.1) is 6.92 Å². The number of aliphatic imine (C=N–C) groups is 1. The normalized spacial score (nSPS) is 18.5. The molecule has 1 saturated carbocycles. The van der Waals surface area contributed by atoms with Crippen LogP contribution in [0.2, 0.25) is 0 Å². The van der Waals surface area contributed by atoms with Crippen LogP contribution in [-0.2, 0) is 10.2 Å². The molecular weight excluding hydrogens is 282 g/mol. The van der Waals surface area contributed by atoms with Crippen molar-refractivity contribution in [1.82, 2.24) is 0 Å². The highest BCUT2D eigenvalue weighted by Gasteiger charge is 2.32. The molecule has 1 fully saturated rings. The lowest BCUT2D eigenvalue weighted by molar-refractivity contribution is -0.116. The van der Waals surface area contributed by atoms with Crippen LogP contribution in [0.5, 0.6) is 0 Å². The van der Waals surface area contributed by atoms with Gasteiger partial charge in [0.1, 0.15) is 0 Å². The van der Waals surface area contributed by atoms with Crippen molar-refractivity contribution in [3.63, 3.8) is 0 Å². The molecule has 1 aromatic heterocycles. The summed E-state index contributed by atoms with van der Waals surface area (Å²) in [6.45, 7) is 5.34. The fourth-order valence-corrected chi connectivity index (χ4v) is 3.94. The van der Waals surface area contributed by atoms with Gasteiger partial charge in [-0.2, -0.15) is 0 Å². The number of amides is 1. The molecular formula is C17H23NO2S. The quantitative estimate of drug-likeness (QED) is 0.379. The molecule has 1 aliphatic carbocycles. The number of nitrogens with zero attached hydrogens (tertiary/aromatic N) is 1. The molecule has 3 nitrogen and oxygen atoms in total. The maximum atomic E-state index is 11.4. The second-order valence-electron chi connectivity index (χ2n) is 5.91. The Morgan fingerprint density at radius 2 is 2.10 bits per heavy atom. The Balaban J connectivity index is 2.19. The summed E-state index contributed by atoms with van der Waals surface area (Å²) in [6.07, 6.45) is 9.73. The maximum Gasteiger partial charge on any atom is 0.310 e. The minimum absolute atomic E-state index is 0.0990. The largest absolute Gasteiger partial charge is 0.503 e. The van der Waals surface area contributed by atoms with Gasteiger partial charge in [0.25, 0.3) is 0 Å². The molecule has 0 saturated heterocycles. The number of carbonyl (C=O) groups is 1. The second kappa shape index (κ2) is 7.03. The molecule has 1 N–H and O–H groups in total. The van der Waals surface area contributed by atoms with E-state index in [0.29, 0.717) is 0 Å². The van der Waals surface area contributed by atoms with Crippen molar-refractivity contribution in [3.8, 4) is 0 Å². The Kier molecular flexibility index (Phi) is 5.34. The number of aliphatic hydroxyl groups is 1. The van der Waals surface area contributed by atoms with Crippen molar-refractivity contribution in [2.45, 2.75) is 57.3 Å². The summed E-state index contributed by atoms with van der Waals surface area (Å²) in [5.41, 5.74) is 1.48. The van der Waals surface area contributed by atoms with E-state index in [9.17, 15) is 4.79 Å². The predicted molar refractivity (Wildman–Crippen MR) is 88.3 cm³/mol. The predicted octanol–water partition coefficient (Wildman–Crippen LogP) is 4.71. The van der Waals surface area contributed by atoms with E-state index in [1.807, 2.05) is 0 Å². The Bertz CT molecular complexity index is 537. The van der Waals surface area contributed by atoms with E-state index in [0.717, 1.165) is 19.3 Å². The molecule has 0 radical (unpaired) electrons. The Morgan fingerprint density at radius 1 is 1.43 bits per heavy atom. The molecule has 0 atom stereocenters. The zero-order chi connectivity index (χ0) is 15.3. The molecule has 0 unspecified atom stereocenters. The van der Waals surface area contributed by atoms with Crippen molar-refractivity contribution in [3.05, 3.63) is 34.2 Å². The average molecular weight is 305 g/mol. The summed E-state index contributed by atoms with van der Waals surface area (Å²) in [7, 11) is 0. The smallest absolute Gasteiger partial charge is 0.310 e. The van der Waals surface area contributed by atoms with Crippen LogP contribution in [0.4, 0.5) is 0 Å². The van der Waals surface area contributed by atoms with Crippen LogP contribution in [0.3, 0.4) is 0 Å². The van der Waals surface area contributed by atoms with Gasteiger partial charge in [-0.3, -0.25) is 4.79 Å². The first-order valence-electron chi connectivity index (χ1n) is 7.54. The summed E-state index contributed by atoms with van der Waals surface area (Å²) in [6, 6.07) is 2.27. The van der Waals surface area contributed by atoms with Crippen molar-refractivity contribution >= 4 is 23.5 Å². The van der Waals surface area contributed by atoms with Crippen LogP contribution in [0.25, 0.3) is 0 Å². The van der Waals surface area contributed by atoms with E-state index >= 15 is 0 Å². The van der Waals surface area contributed by atoms with E-state index in [4.69, 9.17) is 5.11 Å². The van der Waals surface area contributed by atoms with Gasteiger partial charge in [-0.25, -0.2) is 4.99 Å². The van der Waals surface area contributed by atoms with Crippen LogP contribution >= 0.6 is 11.3 Å². The molecule has 21 heavy (non-hydrogen) atoms. The molecule has 2 rings (SSSR count). The lowest BCUT2D eigenvalue weighted by Gasteiger charge is -2.31. The van der Waals surface area contributed by atoms with Gasteiger partial charge < -0.3 is 5.11 Å². The van der Waals surface area contributed by atoms with Crippen molar-refractivity contribution in [2.75, 3.05) is 0 Å². The molecule has 0 aromatic carbocycles. The standard InChI is InChI=1S/C17H23NO2S/c1-13-11-15(12-21-13)17(7-5-3-4-6-8-17)9-10-18-16(20)14(2)19/h10-12,19H,2-9H2,1H3/b18-10+. The minimum atomic E-state index is -0.639. The molecule has 0 bridgehead atoms. The fraction of sp³-hybridized carbons (Fsp3) is 0.529. The van der Waals surface area contributed by atoms with Gasteiger partial charge >= 0.3 is 5.91 Å². The highest BCUT2D eigenvalue weighted by Crippen LogP contribution is 2.42. The molecule has 114 valence electrons. The molecule has 1 amide bonds. The first-order chi connectivity index (χ1) is 10.0. The number of thiophene rings is 1. The molecule has 1 heterocycles. The lowest BCUT2D eigenvalue weighted by Crippen LogP contribution is -2.25. The third-order valence-corrected chi connectivity index (χ3v) is 5.20. The summed E-state index contributed by atoms with van der Waals surface area (Å²) < 4.78 is 0. The van der Waals surface area contributed by atoms with E-state index < -0.39 is 11.7 Å². The first kappa shape index (κ1) is 16.0. The summed E-state index contributed by atoms with van der Waals surface area (Å²) in [5.74, 6) is -1.13. The van der Waals surface area contributed by atoms with E-state index in [1.165, 1.54) is 36.1 Å². The van der Waals surface area contributed by atoms with E-state index in [-0.39, 0.29) is 5.41 Å². The van der Waals surface area contributed by atoms with Crippen LogP contribution < -0.4 is 0 Å². The third kappa shape index (κ3) is 4.03. The van der Waals surface area contributed by atoms with E-state index in [2.05, 4.69) is 29.9 Å². The Labute approximate surface area is 130 Å². The second-order valence-corrected chi connectivity index (χ2v) is 7.02. The summed E-state index contributed by atoms with van der Waals surface area (Å²) >= 11 is 1.78. The summed E-state index contributed by atoms with van der Waals surface area (Å²) in [4.78, 5) is 16.5. The van der Waals surface area contributed by atoms with E-state index in [1.54, 1.807) is 17.6 Å². The van der Waals surface area contributed by atoms with Gasteiger partial charge in [0, 0.05) is 16.5 Å². The Hall–Kier alpha value is -1.42. The molecule has 4 heteroatoms. The van der Waals surface area contributed by atoms with Crippen molar-refractivity contribution in [2.24, 2.45) is 4.99 Å². The number of hydrogen-bond acceptors (Lipinski definition) is 3. The van der Waals surface area contributed by atoms with Crippen molar-refractivity contribution < 1.29 is 9.90 Å². The maximum absolute atomic E-state index is 11.4. The molecule has 1 aliphatic rings. The monoisotopic (exact) mass is 305 g/mol. The van der Waals surface area contributed by atoms with Crippen LogP contribution in [0.1, 0.15) is 55.4 Å². The molecule has 0 aliphatic heterocycles. The molecule has 1 aromatic rings. The topological polar surface area (TPSA) is 49.7 Å². The van der Waals surface area contributed by atoms with Gasteiger partial charge in [0.15, 0.2) is 5.76 Å². The zero-order valence-electron chi connectivity index (χ0n) is 12.6. The Morgan fingerprint density at radius 3 is 2.62 bits per heavy atom. The van der Waals surface area contributed by atoms with Gasteiger partial charge in [-0.1, -0.05) is 32.3 Å². The zero-order valence-corrected chi connectivity index (χ0v) is 13.4. The van der Waals surface area contributed by atoms with Crippen LogP contribution in [0.15, 0.2) is 28.8 Å². The minimum Gasteiger partial charge on any atom is -0.503 e. The number of aliphatic hydroxyl groups excluding tert-OH is 1. The van der Waals surface area contributed by atoms with Crippen molar-refractivity contribution in [1.29, 1.82) is 0 Å². The highest BCUT2D eigenvalue weighted by molar-refractivity contribution is 7.10. The van der Waals surface area contributed by atoms with Gasteiger partial charge in [-0.05, 0) is 43.2 Å². The fourth-order valence-electron chi connectivity index (χ4n) is 3.12. The number of rotatable bonds is 4. The number of carbonyl (C=O) groups excluding carboxylic acids is 1. The summed E-state index contributed by atoms with van der Waals surface area (Å²) in [5, 5.41) is 11.3. The lowest BCUT2D eigenvalue weighted by atomic mass is 9.73. The highest BCUT2D eigenvalue weighted by atomic mass is 32.1. The SMILES string of the molecule is C=C(O)C(=O)/N=C/CC1(c2csc(C)c2)CCCCCC1. The third-order valence-electron chi connectivity index (χ3n) is 4.34. The van der Waals surface area contributed by atoms with Gasteiger partial charge in [0.05, 0.1) is 0 Å². The number of aryl methyl sites for hydroxylation is 1. The van der Waals surface area contributed by atoms with Gasteiger partial charge in [-0.15, -0.1) is 11.3 Å². The average Bonchev–Trinajstić information content (AvgIpc) is 2.74. The number of hydrogen-bond donors (Lipinski definition) is 1. The molecule has 0 spiro atoms. The van der Waals surface area contributed by atoms with Crippen LogP contribution in [-0.4, -0.2) is 17.2 Å². The van der Waals surface area contributed by atoms with Gasteiger partial charge in [0.2, 0.25) is 0 Å². The first-order valence-corrected chi connectivity index (χ1v) is 8.42.